The Morgan fingerprint density at radius 3 is 2.42 bits per heavy atom. The van der Waals surface area contributed by atoms with Crippen LogP contribution in [0.25, 0.3) is 0 Å². The van der Waals surface area contributed by atoms with E-state index in [1.165, 1.54) is 0 Å². The predicted molar refractivity (Wildman–Crippen MR) is 106 cm³/mol. The Labute approximate surface area is 158 Å². The zero-order chi connectivity index (χ0) is 19.3. The summed E-state index contributed by atoms with van der Waals surface area (Å²) in [5.74, 6) is 0.897. The third-order valence-corrected chi connectivity index (χ3v) is 6.85. The van der Waals surface area contributed by atoms with Crippen LogP contribution in [0, 0.1) is 0 Å². The number of hydrogen-bond donors (Lipinski definition) is 0. The van der Waals surface area contributed by atoms with Crippen molar-refractivity contribution >= 4 is 10.0 Å². The maximum atomic E-state index is 12.8. The molecule has 2 rings (SSSR count). The molecule has 0 bridgehead atoms. The van der Waals surface area contributed by atoms with Crippen molar-refractivity contribution in [3.05, 3.63) is 29.8 Å². The summed E-state index contributed by atoms with van der Waals surface area (Å²) in [7, 11) is 2.48. The zero-order valence-corrected chi connectivity index (χ0v) is 17.5. The third-order valence-electron chi connectivity index (χ3n) is 5.05. The molecule has 0 aromatic heterocycles. The average Bonchev–Trinajstić information content (AvgIpc) is 2.59. The van der Waals surface area contributed by atoms with Crippen molar-refractivity contribution in [3.63, 3.8) is 0 Å². The summed E-state index contributed by atoms with van der Waals surface area (Å²) < 4.78 is 32.6. The van der Waals surface area contributed by atoms with Crippen LogP contribution in [-0.2, 0) is 16.4 Å². The van der Waals surface area contributed by atoms with Gasteiger partial charge >= 0.3 is 0 Å². The molecular formula is C19H33N3O3S. The van der Waals surface area contributed by atoms with Crippen LogP contribution in [0.2, 0.25) is 0 Å². The standard InChI is InChI=1S/C19H33N3O3S/c1-16-14-21(15-17(2)22(16)11-10-20(3)4)26(23,24)12-9-18-7-6-8-19(13-18)25-5/h6-8,13,16-17H,9-12,14-15H2,1-5H3. The van der Waals surface area contributed by atoms with E-state index in [2.05, 4.69) is 37.7 Å². The van der Waals surface area contributed by atoms with Gasteiger partial charge < -0.3 is 9.64 Å². The number of ether oxygens (including phenoxy) is 1. The summed E-state index contributed by atoms with van der Waals surface area (Å²) >= 11 is 0. The van der Waals surface area contributed by atoms with Gasteiger partial charge in [-0.25, -0.2) is 8.42 Å². The monoisotopic (exact) mass is 383 g/mol. The van der Waals surface area contributed by atoms with Crippen molar-refractivity contribution in [1.82, 2.24) is 14.1 Å². The second-order valence-corrected chi connectivity index (χ2v) is 9.56. The number of rotatable bonds is 8. The highest BCUT2D eigenvalue weighted by Gasteiger charge is 2.34. The van der Waals surface area contributed by atoms with Crippen LogP contribution in [0.5, 0.6) is 5.75 Å². The van der Waals surface area contributed by atoms with E-state index in [0.717, 1.165) is 24.4 Å². The van der Waals surface area contributed by atoms with Crippen LogP contribution in [0.15, 0.2) is 24.3 Å². The highest BCUT2D eigenvalue weighted by atomic mass is 32.2. The first-order chi connectivity index (χ1) is 12.2. The number of benzene rings is 1. The van der Waals surface area contributed by atoms with E-state index in [1.54, 1.807) is 11.4 Å². The van der Waals surface area contributed by atoms with E-state index in [-0.39, 0.29) is 17.8 Å². The fourth-order valence-electron chi connectivity index (χ4n) is 3.50. The molecule has 2 atom stereocenters. The Hall–Kier alpha value is -1.15. The lowest BCUT2D eigenvalue weighted by atomic mass is 10.1. The molecule has 26 heavy (non-hydrogen) atoms. The zero-order valence-electron chi connectivity index (χ0n) is 16.7. The normalized spacial score (nSPS) is 22.7. The van der Waals surface area contributed by atoms with Crippen molar-refractivity contribution < 1.29 is 13.2 Å². The lowest BCUT2D eigenvalue weighted by molar-refractivity contribution is 0.0708. The molecule has 0 amide bonds. The van der Waals surface area contributed by atoms with Gasteiger partial charge in [-0.2, -0.15) is 4.31 Å². The van der Waals surface area contributed by atoms with Crippen LogP contribution >= 0.6 is 0 Å². The first-order valence-corrected chi connectivity index (χ1v) is 10.8. The third kappa shape index (κ3) is 5.67. The average molecular weight is 384 g/mol. The van der Waals surface area contributed by atoms with E-state index in [0.29, 0.717) is 19.5 Å². The smallest absolute Gasteiger partial charge is 0.214 e. The van der Waals surface area contributed by atoms with Crippen molar-refractivity contribution in [2.24, 2.45) is 0 Å². The van der Waals surface area contributed by atoms with Crippen LogP contribution in [0.3, 0.4) is 0 Å². The van der Waals surface area contributed by atoms with Gasteiger partial charge in [0.05, 0.1) is 12.9 Å². The number of methoxy groups -OCH3 is 1. The maximum Gasteiger partial charge on any atom is 0.214 e. The van der Waals surface area contributed by atoms with Crippen molar-refractivity contribution in [2.45, 2.75) is 32.4 Å². The first kappa shape index (κ1) is 21.2. The summed E-state index contributed by atoms with van der Waals surface area (Å²) in [6.07, 6.45) is 0.503. The van der Waals surface area contributed by atoms with Gasteiger partial charge in [-0.1, -0.05) is 12.1 Å². The van der Waals surface area contributed by atoms with Crippen molar-refractivity contribution in [3.8, 4) is 5.75 Å². The molecule has 1 aliphatic rings. The topological polar surface area (TPSA) is 53.1 Å². The Morgan fingerprint density at radius 1 is 1.19 bits per heavy atom. The first-order valence-electron chi connectivity index (χ1n) is 9.24. The molecule has 1 saturated heterocycles. The Morgan fingerprint density at radius 2 is 1.85 bits per heavy atom. The summed E-state index contributed by atoms with van der Waals surface area (Å²) in [6.45, 7) is 7.33. The lowest BCUT2D eigenvalue weighted by Gasteiger charge is -2.44. The van der Waals surface area contributed by atoms with E-state index in [4.69, 9.17) is 4.74 Å². The maximum absolute atomic E-state index is 12.8. The minimum absolute atomic E-state index is 0.136. The van der Waals surface area contributed by atoms with E-state index >= 15 is 0 Å². The Balaban J connectivity index is 1.96. The number of likely N-dealkylation sites (N-methyl/N-ethyl adjacent to an activating group) is 1. The van der Waals surface area contributed by atoms with Gasteiger partial charge in [0.1, 0.15) is 5.75 Å². The molecule has 6 nitrogen and oxygen atoms in total. The Kier molecular flexibility index (Phi) is 7.46. The minimum Gasteiger partial charge on any atom is -0.497 e. The number of hydrogen-bond acceptors (Lipinski definition) is 5. The fraction of sp³-hybridized carbons (Fsp3) is 0.684. The molecule has 1 aromatic rings. The van der Waals surface area contributed by atoms with Gasteiger partial charge in [0.15, 0.2) is 0 Å². The van der Waals surface area contributed by atoms with Gasteiger partial charge in [0, 0.05) is 38.3 Å². The summed E-state index contributed by atoms with van der Waals surface area (Å²) in [4.78, 5) is 4.57. The molecule has 1 aromatic carbocycles. The largest absolute Gasteiger partial charge is 0.497 e. The Bertz CT molecular complexity index is 666. The number of nitrogens with zero attached hydrogens (tertiary/aromatic N) is 3. The molecule has 0 aliphatic carbocycles. The highest BCUT2D eigenvalue weighted by molar-refractivity contribution is 7.89. The second-order valence-electron chi connectivity index (χ2n) is 7.47. The lowest BCUT2D eigenvalue weighted by Crippen LogP contribution is -2.59. The van der Waals surface area contributed by atoms with Gasteiger partial charge in [-0.05, 0) is 52.1 Å². The summed E-state index contributed by atoms with van der Waals surface area (Å²) in [5, 5.41) is 0. The van der Waals surface area contributed by atoms with Gasteiger partial charge in [-0.3, -0.25) is 4.90 Å². The number of sulfonamides is 1. The highest BCUT2D eigenvalue weighted by Crippen LogP contribution is 2.20. The molecule has 0 N–H and O–H groups in total. The van der Waals surface area contributed by atoms with Gasteiger partial charge in [-0.15, -0.1) is 0 Å². The quantitative estimate of drug-likeness (QED) is 0.681. The molecule has 1 fully saturated rings. The molecule has 0 radical (unpaired) electrons. The summed E-state index contributed by atoms with van der Waals surface area (Å²) in [5.41, 5.74) is 0.985. The van der Waals surface area contributed by atoms with Crippen LogP contribution < -0.4 is 4.74 Å². The molecular weight excluding hydrogens is 350 g/mol. The molecule has 148 valence electrons. The molecule has 0 spiro atoms. The van der Waals surface area contributed by atoms with Gasteiger partial charge in [0.25, 0.3) is 0 Å². The predicted octanol–water partition coefficient (Wildman–Crippen LogP) is 1.52. The van der Waals surface area contributed by atoms with Crippen LogP contribution in [-0.4, -0.2) is 87.7 Å². The van der Waals surface area contributed by atoms with E-state index in [1.807, 2.05) is 24.3 Å². The number of piperazine rings is 1. The minimum atomic E-state index is -3.27. The molecule has 2 unspecified atom stereocenters. The molecule has 7 heteroatoms. The van der Waals surface area contributed by atoms with E-state index < -0.39 is 10.0 Å². The molecule has 0 saturated carbocycles. The fourth-order valence-corrected chi connectivity index (χ4v) is 5.13. The molecule has 1 aliphatic heterocycles. The van der Waals surface area contributed by atoms with Crippen LogP contribution in [0.1, 0.15) is 19.4 Å². The second kappa shape index (κ2) is 9.17. The van der Waals surface area contributed by atoms with Gasteiger partial charge in [0.2, 0.25) is 10.0 Å². The molecule has 1 heterocycles. The van der Waals surface area contributed by atoms with Crippen LogP contribution in [0.4, 0.5) is 0 Å². The SMILES string of the molecule is COc1cccc(CCS(=O)(=O)N2CC(C)N(CCN(C)C)C(C)C2)c1. The van der Waals surface area contributed by atoms with E-state index in [9.17, 15) is 8.42 Å². The number of aryl methyl sites for hydroxylation is 1. The van der Waals surface area contributed by atoms with Crippen molar-refractivity contribution in [1.29, 1.82) is 0 Å². The van der Waals surface area contributed by atoms with Crippen molar-refractivity contribution in [2.75, 3.05) is 53.1 Å². The summed E-state index contributed by atoms with van der Waals surface area (Å²) in [6, 6.07) is 8.07.